The highest BCUT2D eigenvalue weighted by molar-refractivity contribution is 7.90. The molecule has 0 aliphatic rings. The third-order valence-electron chi connectivity index (χ3n) is 5.47. The van der Waals surface area contributed by atoms with E-state index in [0.29, 0.717) is 6.54 Å². The summed E-state index contributed by atoms with van der Waals surface area (Å²) in [5.41, 5.74) is 7.46. The fourth-order valence-electron chi connectivity index (χ4n) is 3.66. The van der Waals surface area contributed by atoms with Crippen LogP contribution in [0.5, 0.6) is 0 Å². The van der Waals surface area contributed by atoms with E-state index in [1.165, 1.54) is 11.8 Å². The van der Waals surface area contributed by atoms with Gasteiger partial charge in [0.2, 0.25) is 0 Å². The Kier molecular flexibility index (Phi) is 12.1. The molecule has 2 amide bonds. The highest BCUT2D eigenvalue weighted by atomic mass is 32.2. The first-order valence-electron chi connectivity index (χ1n) is 11.6. The Morgan fingerprint density at radius 2 is 1.81 bits per heavy atom. The molecular weight excluding hydrogens is 492 g/mol. The van der Waals surface area contributed by atoms with Crippen molar-refractivity contribution in [3.05, 3.63) is 70.8 Å². The zero-order valence-corrected chi connectivity index (χ0v) is 21.2. The van der Waals surface area contributed by atoms with Gasteiger partial charge in [0.25, 0.3) is 5.91 Å². The predicted molar refractivity (Wildman–Crippen MR) is 134 cm³/mol. The van der Waals surface area contributed by atoms with Gasteiger partial charge in [0.05, 0.1) is 18.4 Å². The molecular formula is C25H33F2N3O5S. The van der Waals surface area contributed by atoms with E-state index in [1.54, 1.807) is 0 Å². The van der Waals surface area contributed by atoms with E-state index in [0.717, 1.165) is 30.2 Å². The van der Waals surface area contributed by atoms with Gasteiger partial charge in [-0.3, -0.25) is 4.79 Å². The molecule has 2 rings (SSSR count). The average Bonchev–Trinajstić information content (AvgIpc) is 2.80. The molecule has 0 spiro atoms. The molecule has 0 aromatic heterocycles. The van der Waals surface area contributed by atoms with Crippen molar-refractivity contribution >= 4 is 23.2 Å². The maximum absolute atomic E-state index is 13.7. The summed E-state index contributed by atoms with van der Waals surface area (Å²) < 4.78 is 43.8. The van der Waals surface area contributed by atoms with Crippen LogP contribution >= 0.6 is 0 Å². The summed E-state index contributed by atoms with van der Waals surface area (Å²) in [5, 5.41) is 16.6. The molecule has 0 heterocycles. The van der Waals surface area contributed by atoms with Crippen LogP contribution in [0.25, 0.3) is 0 Å². The summed E-state index contributed by atoms with van der Waals surface area (Å²) in [5.74, 6) is -2.28. The van der Waals surface area contributed by atoms with E-state index in [2.05, 4.69) is 10.6 Å². The molecule has 0 aliphatic heterocycles. The lowest BCUT2D eigenvalue weighted by atomic mass is 10.00. The molecule has 0 saturated carbocycles. The summed E-state index contributed by atoms with van der Waals surface area (Å²) in [7, 11) is 0. The Morgan fingerprint density at radius 3 is 2.42 bits per heavy atom. The van der Waals surface area contributed by atoms with Gasteiger partial charge in [-0.25, -0.2) is 13.6 Å². The molecule has 2 aromatic carbocycles. The summed E-state index contributed by atoms with van der Waals surface area (Å²) in [6.07, 6.45) is -1.52. The summed E-state index contributed by atoms with van der Waals surface area (Å²) in [6, 6.07) is 9.89. The highest BCUT2D eigenvalue weighted by Gasteiger charge is 2.29. The highest BCUT2D eigenvalue weighted by Crippen LogP contribution is 2.13. The number of carbonyl (C=O) groups excluding carboxylic acids is 2. The van der Waals surface area contributed by atoms with E-state index in [9.17, 15) is 28.0 Å². The molecule has 5 N–H and O–H groups in total. The number of amides is 2. The number of primary amides is 1. The van der Waals surface area contributed by atoms with Gasteiger partial charge in [-0.2, -0.15) is 0 Å². The summed E-state index contributed by atoms with van der Waals surface area (Å²) in [4.78, 5) is 24.1. The van der Waals surface area contributed by atoms with Crippen LogP contribution in [0.1, 0.15) is 30.0 Å². The number of aliphatic hydroxyl groups is 1. The number of rotatable bonds is 14. The van der Waals surface area contributed by atoms with Crippen molar-refractivity contribution in [1.29, 1.82) is 0 Å². The third-order valence-corrected chi connectivity index (χ3v) is 6.28. The topological polar surface area (TPSA) is 137 Å². The number of nitrogens with two attached hydrogens (primary N) is 1. The molecule has 2 aromatic rings. The molecule has 8 nitrogen and oxygen atoms in total. The first-order chi connectivity index (χ1) is 17.1. The second-order valence-electron chi connectivity index (χ2n) is 8.46. The van der Waals surface area contributed by atoms with E-state index >= 15 is 0 Å². The van der Waals surface area contributed by atoms with Gasteiger partial charge in [0.15, 0.2) is 6.10 Å². The van der Waals surface area contributed by atoms with Gasteiger partial charge in [-0.15, -0.1) is 0 Å². The third kappa shape index (κ3) is 10.5. The summed E-state index contributed by atoms with van der Waals surface area (Å²) in [6.45, 7) is 2.56. The predicted octanol–water partition coefficient (Wildman–Crippen LogP) is 1.94. The van der Waals surface area contributed by atoms with Crippen LogP contribution in [0, 0.1) is 11.6 Å². The number of aliphatic hydroxyl groups excluding tert-OH is 1. The van der Waals surface area contributed by atoms with Crippen LogP contribution in [0.3, 0.4) is 0 Å². The van der Waals surface area contributed by atoms with E-state index in [4.69, 9.17) is 10.5 Å². The largest absolute Gasteiger partial charge is 0.617 e. The van der Waals surface area contributed by atoms with Crippen LogP contribution in [0.4, 0.5) is 13.6 Å². The molecule has 0 fully saturated rings. The number of hydrogen-bond donors (Lipinski definition) is 4. The molecule has 36 heavy (non-hydrogen) atoms. The Hall–Kier alpha value is -2.73. The number of ether oxygens (including phenoxy) is 1. The second-order valence-corrected chi connectivity index (χ2v) is 10.0. The van der Waals surface area contributed by atoms with E-state index in [1.807, 2.05) is 31.2 Å². The van der Waals surface area contributed by atoms with Crippen LogP contribution in [0.15, 0.2) is 42.5 Å². The maximum atomic E-state index is 13.7. The minimum Gasteiger partial charge on any atom is -0.617 e. The van der Waals surface area contributed by atoms with Gasteiger partial charge in [0.1, 0.15) is 17.4 Å². The number of benzene rings is 2. The fraction of sp³-hybridized carbons (Fsp3) is 0.440. The molecule has 198 valence electrons. The van der Waals surface area contributed by atoms with Crippen LogP contribution in [0.2, 0.25) is 0 Å². The molecule has 4 atom stereocenters. The van der Waals surface area contributed by atoms with Crippen molar-refractivity contribution < 1.29 is 32.8 Å². The van der Waals surface area contributed by atoms with E-state index in [-0.39, 0.29) is 30.7 Å². The second kappa shape index (κ2) is 14.7. The SMILES string of the molecule is CCc1cccc(CNC[C@@H](O)[C@H](Cc2cc(F)cc(F)c2)NC(=O)[C@@H](CC[S+](C)[O-])OC(N)=O)c1. The van der Waals surface area contributed by atoms with Crippen molar-refractivity contribution in [3.8, 4) is 0 Å². The molecule has 0 bridgehead atoms. The lowest BCUT2D eigenvalue weighted by Crippen LogP contribution is -2.52. The Labute approximate surface area is 212 Å². The Morgan fingerprint density at radius 1 is 1.14 bits per heavy atom. The number of nitrogens with one attached hydrogen (secondary N) is 2. The molecule has 11 heteroatoms. The molecule has 1 unspecified atom stereocenters. The Balaban J connectivity index is 2.14. The molecule has 0 saturated heterocycles. The van der Waals surface area contributed by atoms with Crippen molar-refractivity contribution in [2.75, 3.05) is 18.6 Å². The summed E-state index contributed by atoms with van der Waals surface area (Å²) >= 11 is -1.26. The smallest absolute Gasteiger partial charge is 0.405 e. The normalized spacial score (nSPS) is 14.5. The zero-order valence-electron chi connectivity index (χ0n) is 20.3. The van der Waals surface area contributed by atoms with Gasteiger partial charge in [-0.05, 0) is 41.7 Å². The lowest BCUT2D eigenvalue weighted by Gasteiger charge is -2.27. The van der Waals surface area contributed by atoms with Crippen molar-refractivity contribution in [3.63, 3.8) is 0 Å². The van der Waals surface area contributed by atoms with Gasteiger partial charge in [-0.1, -0.05) is 42.4 Å². The number of aryl methyl sites for hydroxylation is 1. The minimum atomic E-state index is -1.34. The fourth-order valence-corrected chi connectivity index (χ4v) is 4.21. The lowest BCUT2D eigenvalue weighted by molar-refractivity contribution is -0.131. The van der Waals surface area contributed by atoms with Crippen molar-refractivity contribution in [1.82, 2.24) is 10.6 Å². The first kappa shape index (κ1) is 29.5. The standard InChI is InChI=1S/C25H33F2N3O5S/c1-3-16-5-4-6-17(9-16)14-29-15-22(31)21(12-18-10-19(26)13-20(27)11-18)30-24(32)23(35-25(28)33)7-8-36(2)34/h4-6,9-11,13,21-23,29,31H,3,7-8,12,14-15H2,1-2H3,(H2,28,33)(H,30,32)/t21-,22+,23+,36?/m0/s1. The number of halogens is 2. The number of hydrogen-bond acceptors (Lipinski definition) is 6. The monoisotopic (exact) mass is 525 g/mol. The van der Waals surface area contributed by atoms with E-state index < -0.39 is 53.1 Å². The Bertz CT molecular complexity index is 991. The quantitative estimate of drug-likeness (QED) is 0.278. The maximum Gasteiger partial charge on any atom is 0.405 e. The van der Waals surface area contributed by atoms with Crippen LogP contribution in [-0.4, -0.2) is 58.5 Å². The van der Waals surface area contributed by atoms with Gasteiger partial charge < -0.3 is 30.8 Å². The number of carbonyl (C=O) groups is 2. The zero-order chi connectivity index (χ0) is 26.7. The van der Waals surface area contributed by atoms with Crippen LogP contribution in [-0.2, 0) is 40.1 Å². The van der Waals surface area contributed by atoms with Crippen LogP contribution < -0.4 is 16.4 Å². The van der Waals surface area contributed by atoms with Crippen molar-refractivity contribution in [2.24, 2.45) is 5.73 Å². The minimum absolute atomic E-state index is 0.0543. The molecule has 0 aliphatic carbocycles. The van der Waals surface area contributed by atoms with Gasteiger partial charge >= 0.3 is 6.09 Å². The molecule has 0 radical (unpaired) electrons. The average molecular weight is 526 g/mol. The van der Waals surface area contributed by atoms with Gasteiger partial charge in [0, 0.05) is 25.6 Å². The first-order valence-corrected chi connectivity index (χ1v) is 13.3. The van der Waals surface area contributed by atoms with Crippen molar-refractivity contribution in [2.45, 2.75) is 51.0 Å².